The first kappa shape index (κ1) is 15.3. The van der Waals surface area contributed by atoms with Crippen molar-refractivity contribution in [3.8, 4) is 0 Å². The van der Waals surface area contributed by atoms with Crippen LogP contribution in [0.5, 0.6) is 0 Å². The summed E-state index contributed by atoms with van der Waals surface area (Å²) in [4.78, 5) is 13.2. The Morgan fingerprint density at radius 2 is 1.76 bits per heavy atom. The topological polar surface area (TPSA) is 52.6 Å². The fourth-order valence-corrected chi connectivity index (χ4v) is 3.93. The van der Waals surface area contributed by atoms with Crippen LogP contribution in [0.1, 0.15) is 57.8 Å². The van der Waals surface area contributed by atoms with Gasteiger partial charge in [0.05, 0.1) is 6.54 Å². The Labute approximate surface area is 128 Å². The summed E-state index contributed by atoms with van der Waals surface area (Å²) in [6, 6.07) is 1.14. The van der Waals surface area contributed by atoms with Crippen LogP contribution in [0.2, 0.25) is 0 Å². The molecule has 3 aliphatic rings. The molecule has 3 saturated carbocycles. The maximum Gasteiger partial charge on any atom is 0.317 e. The van der Waals surface area contributed by atoms with Gasteiger partial charge in [0.15, 0.2) is 0 Å². The zero-order chi connectivity index (χ0) is 14.7. The number of nitrogens with zero attached hydrogens (tertiary/aromatic N) is 1. The molecule has 2 N–H and O–H groups in total. The average Bonchev–Trinajstić information content (AvgIpc) is 3.21. The van der Waals surface area contributed by atoms with Gasteiger partial charge in [0.25, 0.3) is 0 Å². The second-order valence-electron chi connectivity index (χ2n) is 7.50. The first-order valence-electron chi connectivity index (χ1n) is 8.90. The van der Waals surface area contributed by atoms with E-state index in [1.165, 1.54) is 51.5 Å². The van der Waals surface area contributed by atoms with Gasteiger partial charge in [0.1, 0.15) is 0 Å². The van der Waals surface area contributed by atoms with E-state index in [0.29, 0.717) is 12.1 Å². The van der Waals surface area contributed by atoms with E-state index in [1.54, 1.807) is 0 Å². The first-order valence-corrected chi connectivity index (χ1v) is 8.90. The second kappa shape index (κ2) is 7.10. The number of carboxylic acid groups (broad SMARTS) is 1. The summed E-state index contributed by atoms with van der Waals surface area (Å²) in [6.07, 6.45) is 11.9. The van der Waals surface area contributed by atoms with Crippen LogP contribution in [-0.4, -0.2) is 47.7 Å². The smallest absolute Gasteiger partial charge is 0.317 e. The fourth-order valence-electron chi connectivity index (χ4n) is 3.93. The molecule has 0 saturated heterocycles. The van der Waals surface area contributed by atoms with Crippen molar-refractivity contribution < 1.29 is 9.90 Å². The highest BCUT2D eigenvalue weighted by Gasteiger charge is 2.37. The van der Waals surface area contributed by atoms with Crippen molar-refractivity contribution >= 4 is 5.97 Å². The van der Waals surface area contributed by atoms with E-state index in [1.807, 2.05) is 0 Å². The van der Waals surface area contributed by atoms with Gasteiger partial charge < -0.3 is 10.4 Å². The van der Waals surface area contributed by atoms with E-state index in [4.69, 9.17) is 5.11 Å². The molecule has 0 unspecified atom stereocenters. The Hall–Kier alpha value is -0.610. The van der Waals surface area contributed by atoms with Gasteiger partial charge >= 0.3 is 5.97 Å². The van der Waals surface area contributed by atoms with Crippen LogP contribution in [0.15, 0.2) is 0 Å². The molecule has 21 heavy (non-hydrogen) atoms. The molecule has 3 rings (SSSR count). The van der Waals surface area contributed by atoms with Crippen molar-refractivity contribution in [2.75, 3.05) is 19.6 Å². The number of nitrogens with one attached hydrogen (secondary N) is 1. The number of rotatable bonds is 8. The van der Waals surface area contributed by atoms with Crippen molar-refractivity contribution in [3.05, 3.63) is 0 Å². The third kappa shape index (κ3) is 4.68. The van der Waals surface area contributed by atoms with E-state index < -0.39 is 5.97 Å². The SMILES string of the molecule is O=C(O)CN(CC1CC1)C1CC(NCC2CCCCC2)C1. The Bertz CT molecular complexity index is 345. The molecule has 0 aromatic carbocycles. The zero-order valence-corrected chi connectivity index (χ0v) is 13.1. The van der Waals surface area contributed by atoms with Gasteiger partial charge in [-0.25, -0.2) is 0 Å². The van der Waals surface area contributed by atoms with Gasteiger partial charge in [-0.3, -0.25) is 9.69 Å². The van der Waals surface area contributed by atoms with Gasteiger partial charge in [-0.2, -0.15) is 0 Å². The Morgan fingerprint density at radius 3 is 2.38 bits per heavy atom. The number of carbonyl (C=O) groups is 1. The lowest BCUT2D eigenvalue weighted by molar-refractivity contribution is -0.139. The lowest BCUT2D eigenvalue weighted by Crippen LogP contribution is -2.54. The van der Waals surface area contributed by atoms with Crippen molar-refractivity contribution in [1.29, 1.82) is 0 Å². The van der Waals surface area contributed by atoms with Crippen molar-refractivity contribution in [3.63, 3.8) is 0 Å². The summed E-state index contributed by atoms with van der Waals surface area (Å²) in [5.74, 6) is 0.993. The molecule has 0 radical (unpaired) electrons. The van der Waals surface area contributed by atoms with Crippen LogP contribution in [0.4, 0.5) is 0 Å². The molecule has 0 aliphatic heterocycles. The fraction of sp³-hybridized carbons (Fsp3) is 0.941. The third-order valence-corrected chi connectivity index (χ3v) is 5.58. The van der Waals surface area contributed by atoms with E-state index in [2.05, 4.69) is 10.2 Å². The molecule has 0 heterocycles. The van der Waals surface area contributed by atoms with Crippen LogP contribution < -0.4 is 5.32 Å². The predicted octanol–water partition coefficient (Wildman–Crippen LogP) is 2.48. The van der Waals surface area contributed by atoms with Gasteiger partial charge in [-0.05, 0) is 56.9 Å². The summed E-state index contributed by atoms with van der Waals surface area (Å²) < 4.78 is 0. The molecule has 120 valence electrons. The number of hydrogen-bond donors (Lipinski definition) is 2. The maximum atomic E-state index is 11.0. The van der Waals surface area contributed by atoms with E-state index in [-0.39, 0.29) is 6.54 Å². The van der Waals surface area contributed by atoms with Crippen molar-refractivity contribution in [1.82, 2.24) is 10.2 Å². The second-order valence-corrected chi connectivity index (χ2v) is 7.50. The van der Waals surface area contributed by atoms with Crippen LogP contribution >= 0.6 is 0 Å². The normalized spacial score (nSPS) is 30.3. The molecular weight excluding hydrogens is 264 g/mol. The summed E-state index contributed by atoms with van der Waals surface area (Å²) in [5.41, 5.74) is 0. The van der Waals surface area contributed by atoms with Crippen molar-refractivity contribution in [2.24, 2.45) is 11.8 Å². The maximum absolute atomic E-state index is 11.0. The summed E-state index contributed by atoms with van der Waals surface area (Å²) >= 11 is 0. The number of carboxylic acids is 1. The molecule has 0 aromatic rings. The molecule has 0 amide bonds. The molecule has 3 aliphatic carbocycles. The molecule has 3 fully saturated rings. The molecule has 0 bridgehead atoms. The highest BCUT2D eigenvalue weighted by Crippen LogP contribution is 2.34. The minimum Gasteiger partial charge on any atom is -0.480 e. The highest BCUT2D eigenvalue weighted by molar-refractivity contribution is 5.69. The monoisotopic (exact) mass is 294 g/mol. The largest absolute Gasteiger partial charge is 0.480 e. The molecule has 4 nitrogen and oxygen atoms in total. The number of hydrogen-bond acceptors (Lipinski definition) is 3. The minimum atomic E-state index is -0.672. The molecular formula is C17H30N2O2. The quantitative estimate of drug-likeness (QED) is 0.722. The van der Waals surface area contributed by atoms with Crippen LogP contribution in [0.3, 0.4) is 0 Å². The average molecular weight is 294 g/mol. The van der Waals surface area contributed by atoms with Gasteiger partial charge in [0, 0.05) is 18.6 Å². The zero-order valence-electron chi connectivity index (χ0n) is 13.1. The van der Waals surface area contributed by atoms with E-state index >= 15 is 0 Å². The molecule has 4 heteroatoms. The Kier molecular flexibility index (Phi) is 5.17. The van der Waals surface area contributed by atoms with Crippen LogP contribution in [0, 0.1) is 11.8 Å². The Balaban J connectivity index is 1.35. The van der Waals surface area contributed by atoms with E-state index in [0.717, 1.165) is 31.2 Å². The van der Waals surface area contributed by atoms with E-state index in [9.17, 15) is 4.79 Å². The first-order chi connectivity index (χ1) is 10.2. The number of aliphatic carboxylic acids is 1. The van der Waals surface area contributed by atoms with Gasteiger partial charge in [-0.1, -0.05) is 19.3 Å². The molecule has 0 atom stereocenters. The van der Waals surface area contributed by atoms with Gasteiger partial charge in [0.2, 0.25) is 0 Å². The summed E-state index contributed by atoms with van der Waals surface area (Å²) in [5, 5.41) is 12.8. The van der Waals surface area contributed by atoms with Crippen LogP contribution in [0.25, 0.3) is 0 Å². The lowest BCUT2D eigenvalue weighted by atomic mass is 9.83. The minimum absolute atomic E-state index is 0.233. The summed E-state index contributed by atoms with van der Waals surface area (Å²) in [6.45, 7) is 2.42. The molecule has 0 aromatic heterocycles. The Morgan fingerprint density at radius 1 is 1.05 bits per heavy atom. The third-order valence-electron chi connectivity index (χ3n) is 5.58. The van der Waals surface area contributed by atoms with Crippen molar-refractivity contribution in [2.45, 2.75) is 69.9 Å². The van der Waals surface area contributed by atoms with Gasteiger partial charge in [-0.15, -0.1) is 0 Å². The highest BCUT2D eigenvalue weighted by atomic mass is 16.4. The molecule has 0 spiro atoms. The predicted molar refractivity (Wildman–Crippen MR) is 83.3 cm³/mol. The lowest BCUT2D eigenvalue weighted by Gasteiger charge is -2.43. The van der Waals surface area contributed by atoms with Crippen LogP contribution in [-0.2, 0) is 4.79 Å². The summed E-state index contributed by atoms with van der Waals surface area (Å²) in [7, 11) is 0. The standard InChI is InChI=1S/C17H30N2O2/c20-17(21)12-19(11-14-6-7-14)16-8-15(9-16)18-10-13-4-2-1-3-5-13/h13-16,18H,1-12H2,(H,20,21).